The number of alkyl halides is 2. The van der Waals surface area contributed by atoms with E-state index in [0.29, 0.717) is 3.57 Å². The van der Waals surface area contributed by atoms with Crippen LogP contribution in [0.2, 0.25) is 0 Å². The van der Waals surface area contributed by atoms with E-state index >= 15 is 0 Å². The molecule has 2 saturated carbocycles. The summed E-state index contributed by atoms with van der Waals surface area (Å²) in [4.78, 5) is 24.8. The Labute approximate surface area is 224 Å². The van der Waals surface area contributed by atoms with E-state index in [9.17, 15) is 31.3 Å². The lowest BCUT2D eigenvalue weighted by molar-refractivity contribution is -0.192. The summed E-state index contributed by atoms with van der Waals surface area (Å²) in [7, 11) is -6.26. The van der Waals surface area contributed by atoms with Gasteiger partial charge in [-0.3, -0.25) is 0 Å². The average Bonchev–Trinajstić information content (AvgIpc) is 2.67. The number of ether oxygens (including phenoxy) is 2. The van der Waals surface area contributed by atoms with Gasteiger partial charge in [0.2, 0.25) is 0 Å². The number of rotatable bonds is 6. The Morgan fingerprint density at radius 2 is 1.75 bits per heavy atom. The summed E-state index contributed by atoms with van der Waals surface area (Å²) in [6.07, 6.45) is 3.68. The summed E-state index contributed by atoms with van der Waals surface area (Å²) < 4.78 is 73.1. The molecule has 0 saturated heterocycles. The van der Waals surface area contributed by atoms with E-state index in [1.807, 2.05) is 28.7 Å². The van der Waals surface area contributed by atoms with Gasteiger partial charge in [-0.2, -0.15) is 8.78 Å². The molecule has 3 rings (SSSR count). The Morgan fingerprint density at radius 3 is 2.31 bits per heavy atom. The molecular formula is C19H18F2I3O7S-. The highest BCUT2D eigenvalue weighted by molar-refractivity contribution is 14.1. The minimum Gasteiger partial charge on any atom is -0.743 e. The van der Waals surface area contributed by atoms with Gasteiger partial charge in [0.05, 0.1) is 5.56 Å². The standard InChI is InChI=1S/C19H19F2I3O7S/c20-19(21,32(27,28)29)17(26)31-18(7-10-2-1-3-11(4-10)8-18)9-30-16(25)13-5-12(22)6-14(23)15(13)24/h5-6,10-11H,1-4,7-9H2,(H,27,28,29)/p-1. The maximum atomic E-state index is 13.9. The van der Waals surface area contributed by atoms with Crippen molar-refractivity contribution in [1.82, 2.24) is 0 Å². The van der Waals surface area contributed by atoms with Crippen LogP contribution in [0.3, 0.4) is 0 Å². The van der Waals surface area contributed by atoms with Crippen molar-refractivity contribution in [3.63, 3.8) is 0 Å². The zero-order valence-corrected chi connectivity index (χ0v) is 23.7. The predicted octanol–water partition coefficient (Wildman–Crippen LogP) is 4.68. The zero-order valence-electron chi connectivity index (χ0n) is 16.4. The van der Waals surface area contributed by atoms with Gasteiger partial charge in [-0.25, -0.2) is 18.0 Å². The van der Waals surface area contributed by atoms with Crippen LogP contribution in [0.25, 0.3) is 0 Å². The molecule has 0 aliphatic heterocycles. The van der Waals surface area contributed by atoms with Crippen molar-refractivity contribution < 1.29 is 40.8 Å². The van der Waals surface area contributed by atoms with Gasteiger partial charge in [-0.15, -0.1) is 0 Å². The summed E-state index contributed by atoms with van der Waals surface area (Å²) in [5, 5.41) is -5.22. The van der Waals surface area contributed by atoms with Crippen LogP contribution < -0.4 is 0 Å². The van der Waals surface area contributed by atoms with E-state index < -0.39 is 39.5 Å². The highest BCUT2D eigenvalue weighted by Gasteiger charge is 2.54. The van der Waals surface area contributed by atoms with E-state index in [1.165, 1.54) is 0 Å². The summed E-state index contributed by atoms with van der Waals surface area (Å²) in [5.74, 6) is -3.02. The van der Waals surface area contributed by atoms with Gasteiger partial charge in [0.1, 0.15) is 12.2 Å². The number of esters is 2. The highest BCUT2D eigenvalue weighted by Crippen LogP contribution is 2.47. The second-order valence-corrected chi connectivity index (χ2v) is 13.1. The first-order valence-electron chi connectivity index (χ1n) is 9.62. The smallest absolute Gasteiger partial charge is 0.428 e. The summed E-state index contributed by atoms with van der Waals surface area (Å²) in [6.45, 7) is -0.502. The molecule has 0 heterocycles. The number of halogens is 5. The normalized spacial score (nSPS) is 25.8. The molecule has 2 aliphatic carbocycles. The largest absolute Gasteiger partial charge is 0.743 e. The number of carbonyl (C=O) groups is 2. The predicted molar refractivity (Wildman–Crippen MR) is 133 cm³/mol. The Morgan fingerprint density at radius 1 is 1.16 bits per heavy atom. The third-order valence-corrected chi connectivity index (χ3v) is 10.2. The lowest BCUT2D eigenvalue weighted by Gasteiger charge is -2.46. The molecule has 2 bridgehead atoms. The number of fused-ring (bicyclic) bond motifs is 2. The number of benzene rings is 1. The molecule has 0 amide bonds. The fourth-order valence-corrected chi connectivity index (χ4v) is 7.10. The van der Waals surface area contributed by atoms with E-state index in [4.69, 9.17) is 9.47 Å². The number of carbonyl (C=O) groups excluding carboxylic acids is 2. The summed E-state index contributed by atoms with van der Waals surface area (Å²) >= 11 is 6.12. The van der Waals surface area contributed by atoms with Crippen LogP contribution in [0.4, 0.5) is 8.78 Å². The van der Waals surface area contributed by atoms with E-state index in [-0.39, 0.29) is 30.2 Å². The molecule has 32 heavy (non-hydrogen) atoms. The Bertz CT molecular complexity index is 1020. The highest BCUT2D eigenvalue weighted by atomic mass is 127. The summed E-state index contributed by atoms with van der Waals surface area (Å²) in [5.41, 5.74) is -1.33. The van der Waals surface area contributed by atoms with E-state index in [0.717, 1.165) is 32.8 Å². The molecule has 0 aromatic heterocycles. The van der Waals surface area contributed by atoms with Crippen molar-refractivity contribution in [3.8, 4) is 0 Å². The van der Waals surface area contributed by atoms with Gasteiger partial charge >= 0.3 is 17.2 Å². The van der Waals surface area contributed by atoms with Crippen LogP contribution in [-0.2, 0) is 24.4 Å². The first-order chi connectivity index (χ1) is 14.7. The van der Waals surface area contributed by atoms with Gasteiger partial charge in [-0.05, 0) is 111 Å². The third-order valence-electron chi connectivity index (χ3n) is 5.75. The second-order valence-electron chi connectivity index (χ2n) is 8.18. The van der Waals surface area contributed by atoms with Gasteiger partial charge in [0.25, 0.3) is 0 Å². The Hall–Kier alpha value is 0.120. The number of hydrogen-bond acceptors (Lipinski definition) is 7. The van der Waals surface area contributed by atoms with Crippen LogP contribution in [0.15, 0.2) is 12.1 Å². The Balaban J connectivity index is 1.86. The van der Waals surface area contributed by atoms with Gasteiger partial charge in [0.15, 0.2) is 10.1 Å². The minimum atomic E-state index is -6.26. The molecule has 178 valence electrons. The van der Waals surface area contributed by atoms with Crippen LogP contribution in [0.5, 0.6) is 0 Å². The molecule has 1 aromatic rings. The van der Waals surface area contributed by atoms with Crippen molar-refractivity contribution in [3.05, 3.63) is 28.4 Å². The first-order valence-corrected chi connectivity index (χ1v) is 14.3. The molecule has 2 aliphatic rings. The molecule has 1 aromatic carbocycles. The van der Waals surface area contributed by atoms with Crippen molar-refractivity contribution >= 4 is 89.8 Å². The van der Waals surface area contributed by atoms with Crippen LogP contribution >= 0.6 is 67.8 Å². The van der Waals surface area contributed by atoms with Gasteiger partial charge in [-0.1, -0.05) is 19.3 Å². The fraction of sp³-hybridized carbons (Fsp3) is 0.579. The molecular weight excluding hydrogens is 791 g/mol. The molecule has 0 N–H and O–H groups in total. The van der Waals surface area contributed by atoms with Crippen molar-refractivity contribution in [1.29, 1.82) is 0 Å². The van der Waals surface area contributed by atoms with E-state index in [1.54, 1.807) is 6.07 Å². The van der Waals surface area contributed by atoms with Crippen LogP contribution in [0, 0.1) is 22.5 Å². The average molecular weight is 809 g/mol. The monoisotopic (exact) mass is 809 g/mol. The first kappa shape index (κ1) is 26.7. The second kappa shape index (κ2) is 10.0. The lowest BCUT2D eigenvalue weighted by Crippen LogP contribution is -2.52. The molecule has 2 atom stereocenters. The SMILES string of the molecule is O=C(OCC1(OC(=O)C(F)(F)S(=O)(=O)[O-])CC2CCCC(C2)C1)c1cc(I)cc(I)c1I. The van der Waals surface area contributed by atoms with E-state index in [2.05, 4.69) is 45.2 Å². The van der Waals surface area contributed by atoms with Gasteiger partial charge in [0, 0.05) is 10.7 Å². The van der Waals surface area contributed by atoms with Crippen LogP contribution in [0.1, 0.15) is 48.9 Å². The van der Waals surface area contributed by atoms with Crippen molar-refractivity contribution in [2.24, 2.45) is 11.8 Å². The molecule has 2 fully saturated rings. The topological polar surface area (TPSA) is 110 Å². The zero-order chi connectivity index (χ0) is 23.9. The number of hydrogen-bond donors (Lipinski definition) is 0. The summed E-state index contributed by atoms with van der Waals surface area (Å²) in [6, 6.07) is 3.50. The Kier molecular flexibility index (Phi) is 8.35. The molecule has 13 heteroatoms. The van der Waals surface area contributed by atoms with Crippen molar-refractivity contribution in [2.45, 2.75) is 49.4 Å². The minimum absolute atomic E-state index is 0.0604. The third kappa shape index (κ3) is 5.84. The van der Waals surface area contributed by atoms with Crippen molar-refractivity contribution in [2.75, 3.05) is 6.61 Å². The molecule has 2 unspecified atom stereocenters. The maximum Gasteiger partial charge on any atom is 0.428 e. The quantitative estimate of drug-likeness (QED) is 0.178. The van der Waals surface area contributed by atoms with Crippen LogP contribution in [-0.4, -0.2) is 42.4 Å². The lowest BCUT2D eigenvalue weighted by atomic mass is 9.66. The molecule has 0 radical (unpaired) electrons. The molecule has 7 nitrogen and oxygen atoms in total. The maximum absolute atomic E-state index is 13.9. The fourth-order valence-electron chi connectivity index (χ4n) is 4.48. The van der Waals surface area contributed by atoms with Gasteiger partial charge < -0.3 is 14.0 Å². The molecule has 0 spiro atoms.